The number of hydrogen-bond donors (Lipinski definition) is 1. The Balaban J connectivity index is 2.03. The predicted octanol–water partition coefficient (Wildman–Crippen LogP) is 2.61. The largest absolute Gasteiger partial charge is 0.370 e. The maximum absolute atomic E-state index is 12.5. The summed E-state index contributed by atoms with van der Waals surface area (Å²) < 4.78 is 5.79. The maximum Gasteiger partial charge on any atom is 0.227 e. The zero-order valence-corrected chi connectivity index (χ0v) is 13.2. The minimum atomic E-state index is -0.0833. The first kappa shape index (κ1) is 16.3. The number of carbonyl (C=O) groups is 1. The Hall–Kier alpha value is -1.10. The van der Waals surface area contributed by atoms with E-state index in [1.807, 2.05) is 29.2 Å². The van der Waals surface area contributed by atoms with Gasteiger partial charge in [0.1, 0.15) is 6.10 Å². The van der Waals surface area contributed by atoms with Gasteiger partial charge in [-0.15, -0.1) is 0 Å². The second-order valence-corrected chi connectivity index (χ2v) is 5.85. The average molecular weight is 311 g/mol. The number of rotatable bonds is 5. The number of halogens is 1. The van der Waals surface area contributed by atoms with Gasteiger partial charge in [-0.05, 0) is 24.1 Å². The summed E-state index contributed by atoms with van der Waals surface area (Å²) >= 11 is 5.91. The monoisotopic (exact) mass is 310 g/mol. The summed E-state index contributed by atoms with van der Waals surface area (Å²) in [6.07, 6.45) is 1.73. The molecule has 2 rings (SSSR count). The van der Waals surface area contributed by atoms with Crippen molar-refractivity contribution < 1.29 is 9.53 Å². The van der Waals surface area contributed by atoms with E-state index in [9.17, 15) is 4.79 Å². The molecule has 1 aromatic carbocycles. The Kier molecular flexibility index (Phi) is 6.03. The van der Waals surface area contributed by atoms with Crippen LogP contribution in [-0.4, -0.2) is 37.0 Å². The summed E-state index contributed by atoms with van der Waals surface area (Å²) in [5.74, 6) is 0.0839. The third-order valence-electron chi connectivity index (χ3n) is 3.89. The Labute approximate surface area is 131 Å². The second-order valence-electron chi connectivity index (χ2n) is 5.42. The van der Waals surface area contributed by atoms with Crippen molar-refractivity contribution >= 4 is 17.5 Å². The van der Waals surface area contributed by atoms with Gasteiger partial charge in [0.2, 0.25) is 5.91 Å². The third-order valence-corrected chi connectivity index (χ3v) is 4.14. The van der Waals surface area contributed by atoms with Crippen LogP contribution >= 0.6 is 11.6 Å². The standard InChI is InChI=1S/C16H23ClN2O2/c1-2-3-13(10-18)16(20)19-8-9-21-15(11-19)12-4-6-14(17)7-5-12/h4-7,13,15H,2-3,8-11,18H2,1H3. The fourth-order valence-electron chi connectivity index (χ4n) is 2.68. The molecule has 2 unspecified atom stereocenters. The number of nitrogens with zero attached hydrogens (tertiary/aromatic N) is 1. The molecule has 0 saturated carbocycles. The molecule has 1 saturated heterocycles. The molecule has 2 N–H and O–H groups in total. The molecule has 4 nitrogen and oxygen atoms in total. The van der Waals surface area contributed by atoms with Gasteiger partial charge >= 0.3 is 0 Å². The smallest absolute Gasteiger partial charge is 0.227 e. The van der Waals surface area contributed by atoms with Crippen LogP contribution in [0.1, 0.15) is 31.4 Å². The molecule has 1 fully saturated rings. The third kappa shape index (κ3) is 4.19. The van der Waals surface area contributed by atoms with E-state index in [4.69, 9.17) is 22.1 Å². The van der Waals surface area contributed by atoms with Gasteiger partial charge in [-0.3, -0.25) is 4.79 Å². The summed E-state index contributed by atoms with van der Waals surface area (Å²) in [4.78, 5) is 14.4. The van der Waals surface area contributed by atoms with Crippen molar-refractivity contribution in [3.63, 3.8) is 0 Å². The van der Waals surface area contributed by atoms with E-state index in [2.05, 4.69) is 6.92 Å². The normalized spacial score (nSPS) is 20.3. The molecule has 21 heavy (non-hydrogen) atoms. The topological polar surface area (TPSA) is 55.6 Å². The van der Waals surface area contributed by atoms with Crippen LogP contribution in [0.25, 0.3) is 0 Å². The van der Waals surface area contributed by atoms with Gasteiger partial charge in [0.15, 0.2) is 0 Å². The van der Waals surface area contributed by atoms with Gasteiger partial charge in [-0.1, -0.05) is 37.1 Å². The molecule has 0 bridgehead atoms. The highest BCUT2D eigenvalue weighted by atomic mass is 35.5. The highest BCUT2D eigenvalue weighted by molar-refractivity contribution is 6.30. The summed E-state index contributed by atoms with van der Waals surface area (Å²) in [5, 5.41) is 0.702. The summed E-state index contributed by atoms with van der Waals surface area (Å²) in [5.41, 5.74) is 6.79. The zero-order chi connectivity index (χ0) is 15.2. The number of carbonyl (C=O) groups excluding carboxylic acids is 1. The second kappa shape index (κ2) is 7.78. The Bertz CT molecular complexity index is 464. The highest BCUT2D eigenvalue weighted by Crippen LogP contribution is 2.25. The van der Waals surface area contributed by atoms with E-state index in [-0.39, 0.29) is 17.9 Å². The number of amides is 1. The fourth-order valence-corrected chi connectivity index (χ4v) is 2.80. The molecule has 0 aromatic heterocycles. The minimum absolute atomic E-state index is 0.0704. The van der Waals surface area contributed by atoms with Gasteiger partial charge < -0.3 is 15.4 Å². The van der Waals surface area contributed by atoms with Crippen molar-refractivity contribution in [2.24, 2.45) is 11.7 Å². The van der Waals surface area contributed by atoms with Crippen LogP contribution in [0.15, 0.2) is 24.3 Å². The lowest BCUT2D eigenvalue weighted by atomic mass is 10.0. The van der Waals surface area contributed by atoms with Crippen LogP contribution in [0.5, 0.6) is 0 Å². The van der Waals surface area contributed by atoms with Crippen LogP contribution < -0.4 is 5.73 Å². The van der Waals surface area contributed by atoms with Crippen molar-refractivity contribution in [1.29, 1.82) is 0 Å². The molecular weight excluding hydrogens is 288 g/mol. The fraction of sp³-hybridized carbons (Fsp3) is 0.562. The van der Waals surface area contributed by atoms with E-state index in [0.717, 1.165) is 18.4 Å². The van der Waals surface area contributed by atoms with Gasteiger partial charge in [-0.2, -0.15) is 0 Å². The highest BCUT2D eigenvalue weighted by Gasteiger charge is 2.28. The summed E-state index contributed by atoms with van der Waals surface area (Å²) in [6, 6.07) is 7.60. The number of benzene rings is 1. The van der Waals surface area contributed by atoms with Crippen LogP contribution in [0, 0.1) is 5.92 Å². The number of ether oxygens (including phenoxy) is 1. The average Bonchev–Trinajstić information content (AvgIpc) is 2.53. The van der Waals surface area contributed by atoms with Crippen molar-refractivity contribution in [2.45, 2.75) is 25.9 Å². The van der Waals surface area contributed by atoms with E-state index in [0.29, 0.717) is 31.3 Å². The van der Waals surface area contributed by atoms with E-state index >= 15 is 0 Å². The molecule has 116 valence electrons. The Morgan fingerprint density at radius 1 is 1.48 bits per heavy atom. The van der Waals surface area contributed by atoms with Gasteiger partial charge in [0, 0.05) is 18.1 Å². The molecule has 2 atom stereocenters. The van der Waals surface area contributed by atoms with Crippen LogP contribution in [0.3, 0.4) is 0 Å². The molecule has 1 amide bonds. The maximum atomic E-state index is 12.5. The minimum Gasteiger partial charge on any atom is -0.370 e. The molecule has 1 aliphatic heterocycles. The van der Waals surface area contributed by atoms with Gasteiger partial charge in [0.25, 0.3) is 0 Å². The molecule has 5 heteroatoms. The molecule has 0 aliphatic carbocycles. The molecule has 1 aromatic rings. The van der Waals surface area contributed by atoms with E-state index in [1.54, 1.807) is 0 Å². The lowest BCUT2D eigenvalue weighted by Gasteiger charge is -2.35. The first-order chi connectivity index (χ1) is 10.2. The van der Waals surface area contributed by atoms with Crippen molar-refractivity contribution in [3.8, 4) is 0 Å². The Morgan fingerprint density at radius 2 is 2.19 bits per heavy atom. The van der Waals surface area contributed by atoms with Crippen LogP contribution in [-0.2, 0) is 9.53 Å². The summed E-state index contributed by atoms with van der Waals surface area (Å²) in [6.45, 7) is 4.27. The lowest BCUT2D eigenvalue weighted by Crippen LogP contribution is -2.46. The van der Waals surface area contributed by atoms with Crippen molar-refractivity contribution in [1.82, 2.24) is 4.90 Å². The lowest BCUT2D eigenvalue weighted by molar-refractivity contribution is -0.143. The molecule has 0 spiro atoms. The summed E-state index contributed by atoms with van der Waals surface area (Å²) in [7, 11) is 0. The number of hydrogen-bond acceptors (Lipinski definition) is 3. The molecule has 1 aliphatic rings. The number of morpholine rings is 1. The van der Waals surface area contributed by atoms with Gasteiger partial charge in [-0.25, -0.2) is 0 Å². The first-order valence-corrected chi connectivity index (χ1v) is 7.89. The number of nitrogens with two attached hydrogens (primary N) is 1. The van der Waals surface area contributed by atoms with Crippen molar-refractivity contribution in [2.75, 3.05) is 26.2 Å². The Morgan fingerprint density at radius 3 is 2.81 bits per heavy atom. The molecular formula is C16H23ClN2O2. The van der Waals surface area contributed by atoms with Crippen molar-refractivity contribution in [3.05, 3.63) is 34.9 Å². The van der Waals surface area contributed by atoms with E-state index in [1.165, 1.54) is 0 Å². The van der Waals surface area contributed by atoms with Crippen LogP contribution in [0.4, 0.5) is 0 Å². The quantitative estimate of drug-likeness (QED) is 0.909. The first-order valence-electron chi connectivity index (χ1n) is 7.51. The SMILES string of the molecule is CCCC(CN)C(=O)N1CCOC(c2ccc(Cl)cc2)C1. The van der Waals surface area contributed by atoms with Crippen LogP contribution in [0.2, 0.25) is 5.02 Å². The molecule has 1 heterocycles. The predicted molar refractivity (Wildman–Crippen MR) is 84.2 cm³/mol. The van der Waals surface area contributed by atoms with Gasteiger partial charge in [0.05, 0.1) is 19.1 Å². The zero-order valence-electron chi connectivity index (χ0n) is 12.4. The molecule has 0 radical (unpaired) electrons. The van der Waals surface area contributed by atoms with E-state index < -0.39 is 0 Å².